The Morgan fingerprint density at radius 1 is 1.33 bits per heavy atom. The lowest BCUT2D eigenvalue weighted by atomic mass is 10.2. The van der Waals surface area contributed by atoms with Crippen molar-refractivity contribution in [1.29, 1.82) is 5.26 Å². The number of nitrogens with one attached hydrogen (secondary N) is 2. The van der Waals surface area contributed by atoms with Crippen LogP contribution in [-0.4, -0.2) is 22.4 Å². The van der Waals surface area contributed by atoms with Gasteiger partial charge in [-0.3, -0.25) is 4.79 Å². The Kier molecular flexibility index (Phi) is 4.83. The molecule has 2 N–H and O–H groups in total. The quantitative estimate of drug-likeness (QED) is 0.877. The Balaban J connectivity index is 2.05. The minimum absolute atomic E-state index is 0.185. The fourth-order valence-corrected chi connectivity index (χ4v) is 1.65. The number of amides is 1. The third-order valence-electron chi connectivity index (χ3n) is 2.70. The molecule has 0 aliphatic rings. The van der Waals surface area contributed by atoms with Gasteiger partial charge in [0.2, 0.25) is 5.95 Å². The highest BCUT2D eigenvalue weighted by Gasteiger charge is 2.06. The minimum atomic E-state index is -0.185. The van der Waals surface area contributed by atoms with Gasteiger partial charge in [-0.1, -0.05) is 13.0 Å². The molecular weight excluding hydrogens is 266 g/mol. The SMILES string of the molecule is CCCNC(=O)c1cnc(Nc2cccc(C#N)c2)nc1. The van der Waals surface area contributed by atoms with Gasteiger partial charge in [-0.15, -0.1) is 0 Å². The third kappa shape index (κ3) is 4.01. The first-order chi connectivity index (χ1) is 10.2. The van der Waals surface area contributed by atoms with Gasteiger partial charge in [0.15, 0.2) is 0 Å². The van der Waals surface area contributed by atoms with Crippen molar-refractivity contribution in [3.63, 3.8) is 0 Å². The van der Waals surface area contributed by atoms with E-state index in [1.807, 2.05) is 13.0 Å². The Hall–Kier alpha value is -2.94. The van der Waals surface area contributed by atoms with Gasteiger partial charge < -0.3 is 10.6 Å². The zero-order chi connectivity index (χ0) is 15.1. The molecule has 0 bridgehead atoms. The van der Waals surface area contributed by atoms with Crippen LogP contribution in [0.2, 0.25) is 0 Å². The molecule has 2 aromatic rings. The van der Waals surface area contributed by atoms with Crippen LogP contribution in [0.1, 0.15) is 29.3 Å². The molecule has 0 saturated carbocycles. The van der Waals surface area contributed by atoms with Crippen LogP contribution in [0.15, 0.2) is 36.7 Å². The van der Waals surface area contributed by atoms with Crippen LogP contribution >= 0.6 is 0 Å². The average molecular weight is 281 g/mol. The molecule has 0 atom stereocenters. The molecule has 1 aromatic carbocycles. The smallest absolute Gasteiger partial charge is 0.254 e. The van der Waals surface area contributed by atoms with Gasteiger partial charge in [-0.25, -0.2) is 9.97 Å². The zero-order valence-electron chi connectivity index (χ0n) is 11.6. The molecule has 6 nitrogen and oxygen atoms in total. The molecule has 0 aliphatic carbocycles. The standard InChI is InChI=1S/C15H15N5O/c1-2-6-17-14(21)12-9-18-15(19-10-12)20-13-5-3-4-11(7-13)8-16/h3-5,7,9-10H,2,6H2,1H3,(H,17,21)(H,18,19,20). The summed E-state index contributed by atoms with van der Waals surface area (Å²) in [6, 6.07) is 9.06. The highest BCUT2D eigenvalue weighted by Crippen LogP contribution is 2.14. The zero-order valence-corrected chi connectivity index (χ0v) is 11.6. The fraction of sp³-hybridized carbons (Fsp3) is 0.200. The molecule has 6 heteroatoms. The highest BCUT2D eigenvalue weighted by atomic mass is 16.1. The Bertz CT molecular complexity index is 661. The first-order valence-electron chi connectivity index (χ1n) is 6.60. The van der Waals surface area contributed by atoms with Crippen LogP contribution in [-0.2, 0) is 0 Å². The Morgan fingerprint density at radius 2 is 2.10 bits per heavy atom. The van der Waals surface area contributed by atoms with E-state index in [2.05, 4.69) is 26.7 Å². The van der Waals surface area contributed by atoms with Crippen molar-refractivity contribution < 1.29 is 4.79 Å². The number of hydrogen-bond acceptors (Lipinski definition) is 5. The summed E-state index contributed by atoms with van der Waals surface area (Å²) in [5.41, 5.74) is 1.69. The summed E-state index contributed by atoms with van der Waals surface area (Å²) in [6.07, 6.45) is 3.81. The number of carbonyl (C=O) groups excluding carboxylic acids is 1. The van der Waals surface area contributed by atoms with E-state index in [1.165, 1.54) is 12.4 Å². The number of carbonyl (C=O) groups is 1. The maximum atomic E-state index is 11.7. The molecule has 0 spiro atoms. The molecule has 0 fully saturated rings. The van der Waals surface area contributed by atoms with Gasteiger partial charge >= 0.3 is 0 Å². The summed E-state index contributed by atoms with van der Waals surface area (Å²) in [7, 11) is 0. The number of anilines is 2. The summed E-state index contributed by atoms with van der Waals surface area (Å²) in [5, 5.41) is 14.6. The lowest BCUT2D eigenvalue weighted by molar-refractivity contribution is 0.0953. The number of rotatable bonds is 5. The van der Waals surface area contributed by atoms with E-state index in [4.69, 9.17) is 5.26 Å². The van der Waals surface area contributed by atoms with Gasteiger partial charge in [0.05, 0.1) is 17.2 Å². The van der Waals surface area contributed by atoms with Crippen molar-refractivity contribution in [2.45, 2.75) is 13.3 Å². The highest BCUT2D eigenvalue weighted by molar-refractivity contribution is 5.93. The minimum Gasteiger partial charge on any atom is -0.352 e. The summed E-state index contributed by atoms with van der Waals surface area (Å²) in [5.74, 6) is 0.187. The molecule has 2 rings (SSSR count). The fourth-order valence-electron chi connectivity index (χ4n) is 1.65. The molecule has 106 valence electrons. The molecular formula is C15H15N5O. The summed E-state index contributed by atoms with van der Waals surface area (Å²) < 4.78 is 0. The van der Waals surface area contributed by atoms with Crippen molar-refractivity contribution in [2.75, 3.05) is 11.9 Å². The Labute approximate surface area is 122 Å². The average Bonchev–Trinajstić information content (AvgIpc) is 2.53. The second-order valence-corrected chi connectivity index (χ2v) is 4.37. The summed E-state index contributed by atoms with van der Waals surface area (Å²) in [6.45, 7) is 2.61. The lowest BCUT2D eigenvalue weighted by Gasteiger charge is -2.06. The van der Waals surface area contributed by atoms with Gasteiger partial charge in [-0.05, 0) is 24.6 Å². The number of hydrogen-bond donors (Lipinski definition) is 2. The first-order valence-corrected chi connectivity index (χ1v) is 6.60. The molecule has 1 amide bonds. The lowest BCUT2D eigenvalue weighted by Crippen LogP contribution is -2.24. The number of nitrogens with zero attached hydrogens (tertiary/aromatic N) is 3. The van der Waals surface area contributed by atoms with Crippen molar-refractivity contribution in [3.8, 4) is 6.07 Å². The molecule has 0 unspecified atom stereocenters. The summed E-state index contributed by atoms with van der Waals surface area (Å²) in [4.78, 5) is 19.9. The van der Waals surface area contributed by atoms with Crippen molar-refractivity contribution >= 4 is 17.5 Å². The van der Waals surface area contributed by atoms with E-state index in [-0.39, 0.29) is 5.91 Å². The summed E-state index contributed by atoms with van der Waals surface area (Å²) >= 11 is 0. The third-order valence-corrected chi connectivity index (χ3v) is 2.70. The van der Waals surface area contributed by atoms with E-state index in [0.717, 1.165) is 12.1 Å². The second kappa shape index (κ2) is 7.01. The maximum Gasteiger partial charge on any atom is 0.254 e. The van der Waals surface area contributed by atoms with Gasteiger partial charge in [0.1, 0.15) is 0 Å². The van der Waals surface area contributed by atoms with Crippen LogP contribution in [0, 0.1) is 11.3 Å². The van der Waals surface area contributed by atoms with E-state index in [9.17, 15) is 4.79 Å². The van der Waals surface area contributed by atoms with E-state index >= 15 is 0 Å². The van der Waals surface area contributed by atoms with E-state index in [1.54, 1.807) is 18.2 Å². The van der Waals surface area contributed by atoms with Crippen molar-refractivity contribution in [1.82, 2.24) is 15.3 Å². The molecule has 0 saturated heterocycles. The van der Waals surface area contributed by atoms with Crippen molar-refractivity contribution in [3.05, 3.63) is 47.8 Å². The number of aromatic nitrogens is 2. The predicted molar refractivity (Wildman–Crippen MR) is 79.1 cm³/mol. The van der Waals surface area contributed by atoms with Gasteiger partial charge in [0.25, 0.3) is 5.91 Å². The number of nitriles is 1. The van der Waals surface area contributed by atoms with Crippen LogP contribution in [0.4, 0.5) is 11.6 Å². The van der Waals surface area contributed by atoms with Crippen LogP contribution in [0.3, 0.4) is 0 Å². The second-order valence-electron chi connectivity index (χ2n) is 4.37. The molecule has 0 aliphatic heterocycles. The monoisotopic (exact) mass is 281 g/mol. The normalized spacial score (nSPS) is 9.71. The van der Waals surface area contributed by atoms with E-state index in [0.29, 0.717) is 23.6 Å². The van der Waals surface area contributed by atoms with Crippen LogP contribution in [0.5, 0.6) is 0 Å². The largest absolute Gasteiger partial charge is 0.352 e. The van der Waals surface area contributed by atoms with Gasteiger partial charge in [0, 0.05) is 24.6 Å². The first kappa shape index (κ1) is 14.5. The number of benzene rings is 1. The van der Waals surface area contributed by atoms with Crippen LogP contribution < -0.4 is 10.6 Å². The van der Waals surface area contributed by atoms with Crippen LogP contribution in [0.25, 0.3) is 0 Å². The Morgan fingerprint density at radius 3 is 2.76 bits per heavy atom. The molecule has 0 radical (unpaired) electrons. The topological polar surface area (TPSA) is 90.7 Å². The van der Waals surface area contributed by atoms with E-state index < -0.39 is 0 Å². The predicted octanol–water partition coefficient (Wildman–Crippen LogP) is 2.23. The molecule has 1 aromatic heterocycles. The maximum absolute atomic E-state index is 11.7. The van der Waals surface area contributed by atoms with Crippen molar-refractivity contribution in [2.24, 2.45) is 0 Å². The van der Waals surface area contributed by atoms with Gasteiger partial charge in [-0.2, -0.15) is 5.26 Å². The molecule has 1 heterocycles. The molecule has 21 heavy (non-hydrogen) atoms.